The van der Waals surface area contributed by atoms with Gasteiger partial charge in [0.1, 0.15) is 0 Å². The first-order chi connectivity index (χ1) is 14.4. The maximum absolute atomic E-state index is 12.9. The van der Waals surface area contributed by atoms with Crippen molar-refractivity contribution in [2.45, 2.75) is 25.8 Å². The van der Waals surface area contributed by atoms with Gasteiger partial charge in [-0.2, -0.15) is 5.26 Å². The van der Waals surface area contributed by atoms with Gasteiger partial charge in [0, 0.05) is 30.6 Å². The Bertz CT molecular complexity index is 950. The van der Waals surface area contributed by atoms with Crippen molar-refractivity contribution in [3.8, 4) is 6.07 Å². The zero-order chi connectivity index (χ0) is 21.7. The van der Waals surface area contributed by atoms with Crippen LogP contribution in [0.5, 0.6) is 0 Å². The van der Waals surface area contributed by atoms with E-state index in [9.17, 15) is 14.4 Å². The molecule has 0 N–H and O–H groups in total. The number of amides is 2. The van der Waals surface area contributed by atoms with Gasteiger partial charge in [0.25, 0.3) is 5.91 Å². The Kier molecular flexibility index (Phi) is 6.85. The van der Waals surface area contributed by atoms with Gasteiger partial charge in [-0.1, -0.05) is 23.8 Å². The van der Waals surface area contributed by atoms with Crippen molar-refractivity contribution >= 4 is 34.8 Å². The van der Waals surface area contributed by atoms with E-state index in [1.165, 1.54) is 16.2 Å². The van der Waals surface area contributed by atoms with E-state index in [0.717, 1.165) is 16.1 Å². The summed E-state index contributed by atoms with van der Waals surface area (Å²) in [5.41, 5.74) is 1.81. The van der Waals surface area contributed by atoms with Crippen LogP contribution in [-0.4, -0.2) is 42.9 Å². The van der Waals surface area contributed by atoms with Crippen molar-refractivity contribution in [3.63, 3.8) is 0 Å². The Morgan fingerprint density at radius 1 is 1.30 bits per heavy atom. The van der Waals surface area contributed by atoms with E-state index in [1.807, 2.05) is 54.8 Å². The summed E-state index contributed by atoms with van der Waals surface area (Å²) < 4.78 is 5.28. The molecule has 0 saturated carbocycles. The molecular weight excluding hydrogens is 402 g/mol. The highest BCUT2D eigenvalue weighted by Gasteiger charge is 2.46. The maximum Gasteiger partial charge on any atom is 0.312 e. The van der Waals surface area contributed by atoms with Gasteiger partial charge in [-0.3, -0.25) is 14.4 Å². The van der Waals surface area contributed by atoms with Crippen LogP contribution in [0, 0.1) is 24.2 Å². The molecule has 1 aliphatic rings. The van der Waals surface area contributed by atoms with Crippen LogP contribution >= 0.6 is 11.3 Å². The second-order valence-electron chi connectivity index (χ2n) is 7.20. The Morgan fingerprint density at radius 3 is 2.67 bits per heavy atom. The molecule has 2 atom stereocenters. The third-order valence-corrected chi connectivity index (χ3v) is 6.04. The number of anilines is 1. The minimum Gasteiger partial charge on any atom is -0.455 e. The van der Waals surface area contributed by atoms with E-state index in [1.54, 1.807) is 11.9 Å². The topological polar surface area (TPSA) is 90.7 Å². The number of hydrogen-bond acceptors (Lipinski definition) is 6. The summed E-state index contributed by atoms with van der Waals surface area (Å²) >= 11 is 1.48. The number of ether oxygens (including phenoxy) is 1. The van der Waals surface area contributed by atoms with Gasteiger partial charge in [-0.15, -0.1) is 11.3 Å². The van der Waals surface area contributed by atoms with Gasteiger partial charge in [-0.25, -0.2) is 0 Å². The van der Waals surface area contributed by atoms with Crippen molar-refractivity contribution < 1.29 is 19.1 Å². The number of nitriles is 1. The van der Waals surface area contributed by atoms with E-state index < -0.39 is 24.5 Å². The first-order valence-corrected chi connectivity index (χ1v) is 10.5. The van der Waals surface area contributed by atoms with Crippen LogP contribution < -0.4 is 4.90 Å². The molecule has 2 unspecified atom stereocenters. The van der Waals surface area contributed by atoms with E-state index in [-0.39, 0.29) is 31.2 Å². The number of benzene rings is 1. The van der Waals surface area contributed by atoms with E-state index in [2.05, 4.69) is 0 Å². The third-order valence-electron chi connectivity index (χ3n) is 5.09. The second kappa shape index (κ2) is 9.55. The number of thiophene rings is 1. The molecule has 2 aromatic rings. The number of rotatable bonds is 7. The second-order valence-corrected chi connectivity index (χ2v) is 8.18. The van der Waals surface area contributed by atoms with Crippen molar-refractivity contribution in [3.05, 3.63) is 52.2 Å². The highest BCUT2D eigenvalue weighted by Crippen LogP contribution is 2.43. The van der Waals surface area contributed by atoms with Crippen molar-refractivity contribution in [1.82, 2.24) is 4.90 Å². The predicted molar refractivity (Wildman–Crippen MR) is 113 cm³/mol. The molecule has 1 aromatic heterocycles. The zero-order valence-corrected chi connectivity index (χ0v) is 17.7. The summed E-state index contributed by atoms with van der Waals surface area (Å²) in [5.74, 6) is -1.81. The average molecular weight is 426 g/mol. The molecule has 0 spiro atoms. The van der Waals surface area contributed by atoms with Crippen LogP contribution in [0.15, 0.2) is 41.8 Å². The maximum atomic E-state index is 12.9. The normalized spacial score (nSPS) is 18.2. The number of carbonyl (C=O) groups is 3. The molecule has 0 aliphatic carbocycles. The largest absolute Gasteiger partial charge is 0.455 e. The van der Waals surface area contributed by atoms with Crippen LogP contribution in [0.4, 0.5) is 5.69 Å². The number of aryl methyl sites for hydroxylation is 1. The van der Waals surface area contributed by atoms with Crippen molar-refractivity contribution in [2.24, 2.45) is 5.92 Å². The number of hydrogen-bond donors (Lipinski definition) is 0. The lowest BCUT2D eigenvalue weighted by Crippen LogP contribution is -2.34. The lowest BCUT2D eigenvalue weighted by atomic mass is 9.99. The van der Waals surface area contributed by atoms with Crippen LogP contribution in [0.2, 0.25) is 0 Å². The molecule has 156 valence electrons. The highest BCUT2D eigenvalue weighted by atomic mass is 32.1. The van der Waals surface area contributed by atoms with Gasteiger partial charge < -0.3 is 14.5 Å². The van der Waals surface area contributed by atoms with Crippen LogP contribution in [0.3, 0.4) is 0 Å². The Labute approximate surface area is 179 Å². The predicted octanol–water partition coefficient (Wildman–Crippen LogP) is 3.07. The highest BCUT2D eigenvalue weighted by molar-refractivity contribution is 7.10. The van der Waals surface area contributed by atoms with Gasteiger partial charge in [-0.05, 0) is 30.5 Å². The lowest BCUT2D eigenvalue weighted by molar-refractivity contribution is -0.155. The lowest BCUT2D eigenvalue weighted by Gasteiger charge is -2.27. The zero-order valence-electron chi connectivity index (χ0n) is 16.9. The molecule has 0 radical (unpaired) electrons. The molecule has 1 fully saturated rings. The molecular formula is C22H23N3O4S. The summed E-state index contributed by atoms with van der Waals surface area (Å²) in [6.45, 7) is 1.83. The third kappa shape index (κ3) is 4.69. The summed E-state index contributed by atoms with van der Waals surface area (Å²) in [4.78, 5) is 41.7. The van der Waals surface area contributed by atoms with E-state index >= 15 is 0 Å². The minimum atomic E-state index is -0.699. The number of carbonyl (C=O) groups excluding carboxylic acids is 3. The molecule has 1 aromatic carbocycles. The van der Waals surface area contributed by atoms with Gasteiger partial charge in [0.2, 0.25) is 5.91 Å². The molecule has 7 nitrogen and oxygen atoms in total. The number of nitrogens with zero attached hydrogens (tertiary/aromatic N) is 3. The fraction of sp³-hybridized carbons (Fsp3) is 0.364. The first-order valence-electron chi connectivity index (χ1n) is 9.62. The van der Waals surface area contributed by atoms with Gasteiger partial charge in [0.15, 0.2) is 6.61 Å². The van der Waals surface area contributed by atoms with Crippen molar-refractivity contribution in [2.75, 3.05) is 25.1 Å². The molecule has 30 heavy (non-hydrogen) atoms. The van der Waals surface area contributed by atoms with Crippen LogP contribution in [-0.2, 0) is 19.1 Å². The summed E-state index contributed by atoms with van der Waals surface area (Å²) in [6, 6.07) is 12.9. The van der Waals surface area contributed by atoms with Gasteiger partial charge >= 0.3 is 5.97 Å². The average Bonchev–Trinajstić information content (AvgIpc) is 3.38. The number of likely N-dealkylation sites (N-methyl/N-ethyl adjacent to an activating group) is 1. The van der Waals surface area contributed by atoms with E-state index in [4.69, 9.17) is 10.00 Å². The Morgan fingerprint density at radius 2 is 2.03 bits per heavy atom. The Hall–Kier alpha value is -3.18. The molecule has 8 heteroatoms. The number of esters is 1. The molecule has 1 aliphatic heterocycles. The molecule has 2 heterocycles. The summed E-state index contributed by atoms with van der Waals surface area (Å²) in [7, 11) is 1.56. The molecule has 0 bridgehead atoms. The van der Waals surface area contributed by atoms with Crippen molar-refractivity contribution in [1.29, 1.82) is 5.26 Å². The first kappa shape index (κ1) is 21.5. The molecule has 1 saturated heterocycles. The quantitative estimate of drug-likeness (QED) is 0.636. The van der Waals surface area contributed by atoms with E-state index in [0.29, 0.717) is 0 Å². The SMILES string of the molecule is Cc1ccc(N2C(=O)CC(C(=O)OCC(=O)N(C)CCC#N)C2c2cccs2)cc1. The standard InChI is InChI=1S/C22H23N3O4S/c1-15-6-8-16(9-7-15)25-19(26)13-17(21(25)18-5-3-12-30-18)22(28)29-14-20(27)24(2)11-4-10-23/h3,5-9,12,17,21H,4,11,13-14H2,1-2H3. The van der Waals surface area contributed by atoms with Crippen LogP contribution in [0.1, 0.15) is 29.3 Å². The summed E-state index contributed by atoms with van der Waals surface area (Å²) in [6.07, 6.45) is 0.229. The fourth-order valence-electron chi connectivity index (χ4n) is 3.43. The van der Waals surface area contributed by atoms with Crippen LogP contribution in [0.25, 0.3) is 0 Å². The summed E-state index contributed by atoms with van der Waals surface area (Å²) in [5, 5.41) is 10.5. The molecule has 3 rings (SSSR count). The molecule has 2 amide bonds. The fourth-order valence-corrected chi connectivity index (χ4v) is 4.31. The monoisotopic (exact) mass is 425 g/mol. The Balaban J connectivity index is 1.77. The van der Waals surface area contributed by atoms with Gasteiger partial charge in [0.05, 0.1) is 24.4 Å². The minimum absolute atomic E-state index is 0.0216. The smallest absolute Gasteiger partial charge is 0.312 e.